The topological polar surface area (TPSA) is 70.3 Å². The van der Waals surface area contributed by atoms with Crippen LogP contribution < -0.4 is 15.4 Å². The lowest BCUT2D eigenvalue weighted by atomic mass is 10.2. The third-order valence-corrected chi connectivity index (χ3v) is 3.63. The number of aliphatic imine (C=N–C) groups is 1. The minimum Gasteiger partial charge on any atom is -0.288 e. The van der Waals surface area contributed by atoms with Gasteiger partial charge in [-0.2, -0.15) is 4.99 Å². The summed E-state index contributed by atoms with van der Waals surface area (Å²) in [6, 6.07) is 18.1. The Kier molecular flexibility index (Phi) is 5.48. The second kappa shape index (κ2) is 8.16. The van der Waals surface area contributed by atoms with Crippen molar-refractivity contribution in [3.8, 4) is 0 Å². The van der Waals surface area contributed by atoms with Gasteiger partial charge in [0, 0.05) is 28.4 Å². The Morgan fingerprint density at radius 1 is 1.00 bits per heavy atom. The van der Waals surface area contributed by atoms with E-state index in [1.807, 2.05) is 30.3 Å². The Morgan fingerprint density at radius 2 is 1.72 bits per heavy atom. The maximum atomic E-state index is 12.4. The van der Waals surface area contributed by atoms with Crippen LogP contribution in [0.15, 0.2) is 88.7 Å². The molecule has 3 aromatic rings. The fourth-order valence-electron chi connectivity index (χ4n) is 1.99. The van der Waals surface area contributed by atoms with Crippen LogP contribution in [-0.4, -0.2) is 16.9 Å². The Morgan fingerprint density at radius 3 is 2.40 bits per heavy atom. The predicted octanol–water partition coefficient (Wildman–Crippen LogP) is 2.79. The van der Waals surface area contributed by atoms with Crippen molar-refractivity contribution < 1.29 is 9.47 Å². The summed E-state index contributed by atoms with van der Waals surface area (Å²) < 4.78 is 2.54. The third kappa shape index (κ3) is 4.95. The Bertz CT molecular complexity index is 867. The van der Waals surface area contributed by atoms with Gasteiger partial charge in [0.1, 0.15) is 0 Å². The van der Waals surface area contributed by atoms with Crippen molar-refractivity contribution in [2.75, 3.05) is 5.43 Å². The number of benzene rings is 1. The van der Waals surface area contributed by atoms with Crippen LogP contribution in [-0.2, 0) is 0 Å². The van der Waals surface area contributed by atoms with E-state index >= 15 is 0 Å². The fraction of sp³-hybridized carbons (Fsp3) is 0. The van der Waals surface area contributed by atoms with Gasteiger partial charge in [-0.15, -0.1) is 5.43 Å². The molecule has 0 radical (unpaired) electrons. The normalized spacial score (nSPS) is 11.0. The first-order valence-corrected chi connectivity index (χ1v) is 8.30. The molecule has 0 fully saturated rings. The summed E-state index contributed by atoms with van der Waals surface area (Å²) in [7, 11) is 0. The molecule has 0 aliphatic carbocycles. The molecule has 6 nitrogen and oxygen atoms in total. The van der Waals surface area contributed by atoms with E-state index in [1.165, 1.54) is 0 Å². The lowest BCUT2D eigenvalue weighted by Gasteiger charge is -2.07. The molecular weight excluding hydrogens is 382 g/mol. The monoisotopic (exact) mass is 396 g/mol. The Balaban J connectivity index is 1.85. The van der Waals surface area contributed by atoms with Crippen molar-refractivity contribution >= 4 is 33.6 Å². The maximum absolute atomic E-state index is 12.4. The smallest absolute Gasteiger partial charge is 0.262 e. The van der Waals surface area contributed by atoms with Gasteiger partial charge in [0.15, 0.2) is 18.2 Å². The van der Waals surface area contributed by atoms with Gasteiger partial charge < -0.3 is 0 Å². The summed E-state index contributed by atoms with van der Waals surface area (Å²) in [5.74, 6) is 0.468. The van der Waals surface area contributed by atoms with Crippen molar-refractivity contribution in [2.45, 2.75) is 0 Å². The van der Waals surface area contributed by atoms with E-state index in [9.17, 15) is 4.79 Å². The van der Waals surface area contributed by atoms with Gasteiger partial charge in [0.05, 0.1) is 0 Å². The Hall–Kier alpha value is -3.06. The zero-order valence-electron chi connectivity index (χ0n) is 13.1. The second-order valence-corrected chi connectivity index (χ2v) is 5.93. The number of aromatic nitrogens is 2. The number of hydrogen-bond donors (Lipinski definition) is 2. The summed E-state index contributed by atoms with van der Waals surface area (Å²) in [6.45, 7) is 0. The molecule has 0 saturated heterocycles. The van der Waals surface area contributed by atoms with Crippen molar-refractivity contribution in [1.82, 2.24) is 10.3 Å². The number of nitrogens with zero attached hydrogens (tertiary/aromatic N) is 3. The SMILES string of the molecule is O=C(NC(=Nc1ccc(Br)cn1)N[n+]1ccccc1)c1ccccc1. The second-order valence-electron chi connectivity index (χ2n) is 5.01. The molecule has 2 aromatic heterocycles. The maximum Gasteiger partial charge on any atom is 0.262 e. The highest BCUT2D eigenvalue weighted by Gasteiger charge is 2.12. The summed E-state index contributed by atoms with van der Waals surface area (Å²) in [4.78, 5) is 21.0. The Labute approximate surface area is 153 Å². The van der Waals surface area contributed by atoms with Crippen molar-refractivity contribution in [1.29, 1.82) is 0 Å². The third-order valence-electron chi connectivity index (χ3n) is 3.16. The molecule has 7 heteroatoms. The molecule has 0 unspecified atom stereocenters. The molecule has 3 rings (SSSR count). The van der Waals surface area contributed by atoms with Crippen molar-refractivity contribution in [3.63, 3.8) is 0 Å². The van der Waals surface area contributed by atoms with Gasteiger partial charge in [0.25, 0.3) is 11.9 Å². The molecule has 1 aromatic carbocycles. The highest BCUT2D eigenvalue weighted by Crippen LogP contribution is 2.12. The number of pyridine rings is 2. The zero-order valence-corrected chi connectivity index (χ0v) is 14.7. The number of amides is 1. The molecule has 124 valence electrons. The van der Waals surface area contributed by atoms with Gasteiger partial charge >= 0.3 is 0 Å². The molecule has 0 aliphatic heterocycles. The number of carbonyl (C=O) groups excluding carboxylic acids is 1. The molecule has 0 aliphatic rings. The van der Waals surface area contributed by atoms with Crippen molar-refractivity contribution in [2.24, 2.45) is 4.99 Å². The van der Waals surface area contributed by atoms with Crippen LogP contribution in [0.1, 0.15) is 10.4 Å². The van der Waals surface area contributed by atoms with Crippen LogP contribution in [0.5, 0.6) is 0 Å². The van der Waals surface area contributed by atoms with Crippen molar-refractivity contribution in [3.05, 3.63) is 89.3 Å². The van der Waals surface area contributed by atoms with Crippen LogP contribution in [0.4, 0.5) is 5.82 Å². The van der Waals surface area contributed by atoms with E-state index in [0.717, 1.165) is 4.47 Å². The summed E-state index contributed by atoms with van der Waals surface area (Å²) in [5.41, 5.74) is 3.57. The highest BCUT2D eigenvalue weighted by atomic mass is 79.9. The van der Waals surface area contributed by atoms with E-state index in [0.29, 0.717) is 11.4 Å². The molecule has 0 spiro atoms. The largest absolute Gasteiger partial charge is 0.288 e. The standard InChI is InChI=1S/C18H14BrN5O/c19-15-9-10-16(20-13-15)21-18(23-24-11-5-2-6-12-24)22-17(25)14-7-3-1-4-8-14/h1-13H,(H-,20,21,22,23,25)/p+1. The first kappa shape index (κ1) is 16.8. The molecular formula is C18H15BrN5O+. The average Bonchev–Trinajstić information content (AvgIpc) is 2.65. The summed E-state index contributed by atoms with van der Waals surface area (Å²) in [5, 5.41) is 2.77. The number of hydrogen-bond acceptors (Lipinski definition) is 3. The average molecular weight is 397 g/mol. The molecule has 2 heterocycles. The van der Waals surface area contributed by atoms with Gasteiger partial charge in [-0.25, -0.2) is 4.98 Å². The predicted molar refractivity (Wildman–Crippen MR) is 98.9 cm³/mol. The summed E-state index contributed by atoms with van der Waals surface area (Å²) in [6.07, 6.45) is 5.25. The first-order chi connectivity index (χ1) is 12.2. The van der Waals surface area contributed by atoms with Crippen LogP contribution >= 0.6 is 15.9 Å². The van der Waals surface area contributed by atoms with E-state index in [1.54, 1.807) is 53.6 Å². The fourth-order valence-corrected chi connectivity index (χ4v) is 2.23. The number of carbonyl (C=O) groups is 1. The van der Waals surface area contributed by atoms with Gasteiger partial charge in [-0.3, -0.25) is 10.1 Å². The molecule has 0 atom stereocenters. The van der Waals surface area contributed by atoms with E-state index in [2.05, 4.69) is 36.6 Å². The molecule has 0 bridgehead atoms. The number of guanidine groups is 1. The lowest BCUT2D eigenvalue weighted by molar-refractivity contribution is -0.640. The minimum absolute atomic E-state index is 0.263. The van der Waals surface area contributed by atoms with Gasteiger partial charge in [0.2, 0.25) is 0 Å². The van der Waals surface area contributed by atoms with Gasteiger partial charge in [-0.05, 0) is 40.2 Å². The minimum atomic E-state index is -0.263. The summed E-state index contributed by atoms with van der Waals surface area (Å²) >= 11 is 3.34. The van der Waals surface area contributed by atoms with Crippen LogP contribution in [0.3, 0.4) is 0 Å². The zero-order chi connectivity index (χ0) is 17.5. The van der Waals surface area contributed by atoms with Gasteiger partial charge in [-0.1, -0.05) is 28.9 Å². The van der Waals surface area contributed by atoms with Crippen LogP contribution in [0.25, 0.3) is 0 Å². The van der Waals surface area contributed by atoms with Crippen LogP contribution in [0.2, 0.25) is 0 Å². The quantitative estimate of drug-likeness (QED) is 0.406. The van der Waals surface area contributed by atoms with Crippen LogP contribution in [0, 0.1) is 0 Å². The van der Waals surface area contributed by atoms with E-state index < -0.39 is 0 Å². The lowest BCUT2D eigenvalue weighted by Crippen LogP contribution is -2.53. The highest BCUT2D eigenvalue weighted by molar-refractivity contribution is 9.10. The molecule has 0 saturated carbocycles. The van der Waals surface area contributed by atoms with E-state index in [4.69, 9.17) is 0 Å². The first-order valence-electron chi connectivity index (χ1n) is 7.51. The number of rotatable bonds is 3. The molecule has 2 N–H and O–H groups in total. The molecule has 1 amide bonds. The number of nitrogens with one attached hydrogen (secondary N) is 2. The number of halogens is 1. The molecule has 25 heavy (non-hydrogen) atoms. The van der Waals surface area contributed by atoms with E-state index in [-0.39, 0.29) is 11.9 Å².